The molecule has 1 aliphatic carbocycles. The fourth-order valence-corrected chi connectivity index (χ4v) is 4.67. The number of alkyl halides is 3. The summed E-state index contributed by atoms with van der Waals surface area (Å²) in [7, 11) is 0. The van der Waals surface area contributed by atoms with Crippen LogP contribution in [-0.4, -0.2) is 33.7 Å². The Kier molecular flexibility index (Phi) is 7.17. The second-order valence-corrected chi connectivity index (χ2v) is 10.2. The van der Waals surface area contributed by atoms with Crippen LogP contribution in [0.4, 0.5) is 23.2 Å². The summed E-state index contributed by atoms with van der Waals surface area (Å²) in [4.78, 5) is 17.3. The molecule has 7 nitrogen and oxygen atoms in total. The summed E-state index contributed by atoms with van der Waals surface area (Å²) >= 11 is 0. The van der Waals surface area contributed by atoms with Crippen molar-refractivity contribution in [3.8, 4) is 22.8 Å². The van der Waals surface area contributed by atoms with E-state index in [1.165, 1.54) is 18.2 Å². The summed E-state index contributed by atoms with van der Waals surface area (Å²) in [5.74, 6) is -0.179. The number of fused-ring (bicyclic) bond motifs is 1. The van der Waals surface area contributed by atoms with Crippen molar-refractivity contribution in [2.75, 3.05) is 11.9 Å². The average Bonchev–Trinajstić information content (AvgIpc) is 3.28. The van der Waals surface area contributed by atoms with Crippen LogP contribution in [0.2, 0.25) is 0 Å². The molecule has 4 aromatic rings. The number of nitrogens with zero attached hydrogens (tertiary/aromatic N) is 2. The molecule has 5 rings (SSSR count). The number of halogens is 4. The third-order valence-corrected chi connectivity index (χ3v) is 7.06. The zero-order valence-electron chi connectivity index (χ0n) is 22.0. The molecule has 11 heteroatoms. The van der Waals surface area contributed by atoms with Crippen molar-refractivity contribution in [1.29, 1.82) is 0 Å². The first-order chi connectivity index (χ1) is 18.9. The van der Waals surface area contributed by atoms with Crippen LogP contribution in [-0.2, 0) is 0 Å². The molecule has 0 aliphatic heterocycles. The van der Waals surface area contributed by atoms with E-state index in [2.05, 4.69) is 15.6 Å². The standard InChI is InChI=1S/C29H29F4N5O2/c1-17-4-6-20(30)13-25(17)40-21-14-23(35-11-10-29(31,32)33)26-36-15-24(38(26)16-21)19-5-7-22(18(2)12-19)27(39)37-28(34)8-3-9-28/h4-7,12-16,35H,3,8-11,34H2,1-2H3,(H,37,39). The van der Waals surface area contributed by atoms with E-state index < -0.39 is 24.1 Å². The Morgan fingerprint density at radius 2 is 1.90 bits per heavy atom. The minimum absolute atomic E-state index is 0.248. The maximum atomic E-state index is 13.9. The lowest BCUT2D eigenvalue weighted by Crippen LogP contribution is -2.60. The summed E-state index contributed by atoms with van der Waals surface area (Å²) in [5, 5.41) is 5.71. The zero-order valence-corrected chi connectivity index (χ0v) is 22.0. The van der Waals surface area contributed by atoms with E-state index in [0.29, 0.717) is 28.2 Å². The van der Waals surface area contributed by atoms with Gasteiger partial charge in [-0.25, -0.2) is 9.37 Å². The van der Waals surface area contributed by atoms with Gasteiger partial charge in [-0.15, -0.1) is 0 Å². The molecular formula is C29H29F4N5O2. The number of aryl methyl sites for hydroxylation is 2. The Hall–Kier alpha value is -4.12. The van der Waals surface area contributed by atoms with Gasteiger partial charge in [0.25, 0.3) is 5.91 Å². The first-order valence-corrected chi connectivity index (χ1v) is 12.9. The van der Waals surface area contributed by atoms with Gasteiger partial charge in [-0.3, -0.25) is 9.20 Å². The molecule has 1 amide bonds. The van der Waals surface area contributed by atoms with Gasteiger partial charge in [0.2, 0.25) is 0 Å². The number of nitrogens with two attached hydrogens (primary N) is 1. The number of benzene rings is 2. The van der Waals surface area contributed by atoms with E-state index in [0.717, 1.165) is 30.4 Å². The lowest BCUT2D eigenvalue weighted by atomic mass is 9.85. The predicted octanol–water partition coefficient (Wildman–Crippen LogP) is 6.48. The molecule has 1 saturated carbocycles. The number of hydrogen-bond acceptors (Lipinski definition) is 5. The number of pyridine rings is 1. The van der Waals surface area contributed by atoms with Crippen molar-refractivity contribution in [2.45, 2.75) is 51.4 Å². The van der Waals surface area contributed by atoms with Crippen molar-refractivity contribution < 1.29 is 27.1 Å². The number of anilines is 1. The highest BCUT2D eigenvalue weighted by molar-refractivity contribution is 5.96. The Bertz CT molecular complexity index is 1580. The van der Waals surface area contributed by atoms with Gasteiger partial charge in [0.1, 0.15) is 17.3 Å². The van der Waals surface area contributed by atoms with Crippen LogP contribution in [0.3, 0.4) is 0 Å². The number of ether oxygens (including phenoxy) is 1. The van der Waals surface area contributed by atoms with E-state index >= 15 is 0 Å². The van der Waals surface area contributed by atoms with Crippen LogP contribution in [0, 0.1) is 19.7 Å². The Balaban J connectivity index is 1.51. The molecule has 2 aromatic heterocycles. The van der Waals surface area contributed by atoms with Gasteiger partial charge in [0.05, 0.1) is 35.9 Å². The highest BCUT2D eigenvalue weighted by Crippen LogP contribution is 2.34. The van der Waals surface area contributed by atoms with Crippen molar-refractivity contribution in [3.05, 3.63) is 77.4 Å². The molecule has 0 radical (unpaired) electrons. The monoisotopic (exact) mass is 555 g/mol. The van der Waals surface area contributed by atoms with Gasteiger partial charge in [-0.05, 0) is 62.4 Å². The van der Waals surface area contributed by atoms with Crippen molar-refractivity contribution in [2.24, 2.45) is 5.73 Å². The SMILES string of the molecule is Cc1ccc(F)cc1Oc1cc(NCCC(F)(F)F)c2ncc(-c3ccc(C(=O)NC4(N)CCC4)c(C)c3)n2c1. The minimum atomic E-state index is -4.33. The quantitative estimate of drug-likeness (QED) is 0.171. The molecule has 1 fully saturated rings. The lowest BCUT2D eigenvalue weighted by molar-refractivity contribution is -0.131. The molecule has 0 spiro atoms. The molecule has 4 N–H and O–H groups in total. The van der Waals surface area contributed by atoms with Gasteiger partial charge in [-0.1, -0.05) is 12.1 Å². The number of amides is 1. The number of hydrogen-bond donors (Lipinski definition) is 3. The number of aromatic nitrogens is 2. The molecular weight excluding hydrogens is 526 g/mol. The van der Waals surface area contributed by atoms with E-state index in [1.807, 2.05) is 13.0 Å². The Labute approximate surface area is 228 Å². The molecule has 1 aliphatic rings. The van der Waals surface area contributed by atoms with Crippen molar-refractivity contribution in [1.82, 2.24) is 14.7 Å². The lowest BCUT2D eigenvalue weighted by Gasteiger charge is -2.38. The zero-order chi connectivity index (χ0) is 28.7. The van der Waals surface area contributed by atoms with Crippen LogP contribution in [0.5, 0.6) is 11.5 Å². The van der Waals surface area contributed by atoms with Crippen LogP contribution in [0.1, 0.15) is 47.2 Å². The summed E-state index contributed by atoms with van der Waals surface area (Å²) < 4.78 is 60.0. The fourth-order valence-electron chi connectivity index (χ4n) is 4.67. The normalized spacial score (nSPS) is 14.6. The van der Waals surface area contributed by atoms with Crippen LogP contribution < -0.4 is 21.1 Å². The van der Waals surface area contributed by atoms with Gasteiger partial charge >= 0.3 is 6.18 Å². The molecule has 210 valence electrons. The van der Waals surface area contributed by atoms with E-state index in [-0.39, 0.29) is 24.0 Å². The highest BCUT2D eigenvalue weighted by Gasteiger charge is 2.34. The molecule has 40 heavy (non-hydrogen) atoms. The second kappa shape index (κ2) is 10.5. The van der Waals surface area contributed by atoms with Crippen molar-refractivity contribution in [3.63, 3.8) is 0 Å². The third-order valence-electron chi connectivity index (χ3n) is 7.06. The minimum Gasteiger partial charge on any atom is -0.455 e. The summed E-state index contributed by atoms with van der Waals surface area (Å²) in [6, 6.07) is 11.0. The molecule has 2 heterocycles. The van der Waals surface area contributed by atoms with E-state index in [9.17, 15) is 22.4 Å². The topological polar surface area (TPSA) is 93.7 Å². The second-order valence-electron chi connectivity index (χ2n) is 10.2. The number of imidazole rings is 1. The first-order valence-electron chi connectivity index (χ1n) is 12.9. The number of nitrogens with one attached hydrogen (secondary N) is 2. The largest absolute Gasteiger partial charge is 0.455 e. The van der Waals surface area contributed by atoms with Crippen LogP contribution in [0.15, 0.2) is 54.9 Å². The van der Waals surface area contributed by atoms with Crippen LogP contribution >= 0.6 is 0 Å². The Morgan fingerprint density at radius 1 is 1.12 bits per heavy atom. The molecule has 0 saturated heterocycles. The molecule has 0 unspecified atom stereocenters. The predicted molar refractivity (Wildman–Crippen MR) is 144 cm³/mol. The summed E-state index contributed by atoms with van der Waals surface area (Å²) in [6.45, 7) is 3.21. The molecule has 2 aromatic carbocycles. The molecule has 0 atom stereocenters. The van der Waals surface area contributed by atoms with E-state index in [1.54, 1.807) is 41.9 Å². The van der Waals surface area contributed by atoms with Gasteiger partial charge in [0.15, 0.2) is 5.65 Å². The smallest absolute Gasteiger partial charge is 0.390 e. The third kappa shape index (κ3) is 5.89. The fraction of sp³-hybridized carbons (Fsp3) is 0.310. The molecule has 0 bridgehead atoms. The Morgan fingerprint density at radius 3 is 2.58 bits per heavy atom. The van der Waals surface area contributed by atoms with Gasteiger partial charge in [0, 0.05) is 29.8 Å². The first kappa shape index (κ1) is 27.4. The van der Waals surface area contributed by atoms with Gasteiger partial charge in [-0.2, -0.15) is 13.2 Å². The summed E-state index contributed by atoms with van der Waals surface area (Å²) in [5.41, 5.74) is 9.47. The number of carbonyl (C=O) groups excluding carboxylic acids is 1. The maximum Gasteiger partial charge on any atom is 0.390 e. The maximum absolute atomic E-state index is 13.9. The average molecular weight is 556 g/mol. The van der Waals surface area contributed by atoms with Crippen LogP contribution in [0.25, 0.3) is 16.9 Å². The number of rotatable bonds is 8. The van der Waals surface area contributed by atoms with E-state index in [4.69, 9.17) is 10.5 Å². The van der Waals surface area contributed by atoms with Gasteiger partial charge < -0.3 is 21.1 Å². The van der Waals surface area contributed by atoms with Crippen molar-refractivity contribution >= 4 is 17.2 Å². The highest BCUT2D eigenvalue weighted by atomic mass is 19.4. The summed E-state index contributed by atoms with van der Waals surface area (Å²) in [6.07, 6.45) is 0.312. The number of carbonyl (C=O) groups is 1.